The number of rotatable bonds is 2. The SMILES string of the molecule is CC1=NN(Cc2ccncc2)C(=O)CC1. The summed E-state index contributed by atoms with van der Waals surface area (Å²) in [4.78, 5) is 15.5. The number of carbonyl (C=O) groups is 1. The van der Waals surface area contributed by atoms with Gasteiger partial charge in [0.2, 0.25) is 5.91 Å². The highest BCUT2D eigenvalue weighted by molar-refractivity contribution is 5.91. The first-order chi connectivity index (χ1) is 7.25. The quantitative estimate of drug-likeness (QED) is 0.732. The molecule has 1 aliphatic heterocycles. The van der Waals surface area contributed by atoms with Gasteiger partial charge in [0.15, 0.2) is 0 Å². The van der Waals surface area contributed by atoms with E-state index in [0.29, 0.717) is 13.0 Å². The zero-order valence-corrected chi connectivity index (χ0v) is 8.68. The second kappa shape index (κ2) is 4.21. The average Bonchev–Trinajstić information content (AvgIpc) is 2.25. The summed E-state index contributed by atoms with van der Waals surface area (Å²) in [6.07, 6.45) is 4.80. The normalized spacial score (nSPS) is 16.5. The monoisotopic (exact) mass is 203 g/mol. The van der Waals surface area contributed by atoms with Crippen LogP contribution >= 0.6 is 0 Å². The molecular formula is C11H13N3O. The fourth-order valence-corrected chi connectivity index (χ4v) is 1.51. The van der Waals surface area contributed by atoms with Gasteiger partial charge in [-0.2, -0.15) is 5.10 Å². The maximum atomic E-state index is 11.5. The van der Waals surface area contributed by atoms with Gasteiger partial charge in [-0.1, -0.05) is 0 Å². The molecule has 0 bridgehead atoms. The van der Waals surface area contributed by atoms with Crippen molar-refractivity contribution in [3.8, 4) is 0 Å². The Morgan fingerprint density at radius 3 is 2.80 bits per heavy atom. The van der Waals surface area contributed by atoms with Crippen molar-refractivity contribution in [3.05, 3.63) is 30.1 Å². The van der Waals surface area contributed by atoms with Crippen LogP contribution in [0.4, 0.5) is 0 Å². The summed E-state index contributed by atoms with van der Waals surface area (Å²) in [6.45, 7) is 2.49. The van der Waals surface area contributed by atoms with Crippen molar-refractivity contribution in [2.45, 2.75) is 26.3 Å². The lowest BCUT2D eigenvalue weighted by Gasteiger charge is -2.22. The minimum Gasteiger partial charge on any atom is -0.273 e. The molecule has 2 heterocycles. The Bertz CT molecular complexity index is 386. The van der Waals surface area contributed by atoms with Gasteiger partial charge in [0.05, 0.1) is 6.54 Å². The van der Waals surface area contributed by atoms with Crippen LogP contribution in [0, 0.1) is 0 Å². The first kappa shape index (κ1) is 9.83. The van der Waals surface area contributed by atoms with Crippen molar-refractivity contribution in [1.29, 1.82) is 0 Å². The second-order valence-electron chi connectivity index (χ2n) is 3.64. The Labute approximate surface area is 88.6 Å². The van der Waals surface area contributed by atoms with Crippen molar-refractivity contribution in [2.75, 3.05) is 0 Å². The van der Waals surface area contributed by atoms with E-state index in [0.717, 1.165) is 17.7 Å². The minimum absolute atomic E-state index is 0.0948. The van der Waals surface area contributed by atoms with Crippen LogP contribution in [0.1, 0.15) is 25.3 Å². The van der Waals surface area contributed by atoms with Gasteiger partial charge >= 0.3 is 0 Å². The molecule has 0 aliphatic carbocycles. The summed E-state index contributed by atoms with van der Waals surface area (Å²) in [6, 6.07) is 3.79. The Kier molecular flexibility index (Phi) is 2.76. The van der Waals surface area contributed by atoms with Crippen LogP contribution in [0.2, 0.25) is 0 Å². The molecule has 1 aromatic heterocycles. The lowest BCUT2D eigenvalue weighted by atomic mass is 10.2. The van der Waals surface area contributed by atoms with Gasteiger partial charge in [-0.05, 0) is 31.0 Å². The Morgan fingerprint density at radius 1 is 1.33 bits per heavy atom. The van der Waals surface area contributed by atoms with Gasteiger partial charge in [-0.15, -0.1) is 0 Å². The second-order valence-corrected chi connectivity index (χ2v) is 3.64. The minimum atomic E-state index is 0.0948. The highest BCUT2D eigenvalue weighted by atomic mass is 16.2. The molecule has 0 atom stereocenters. The van der Waals surface area contributed by atoms with Gasteiger partial charge in [0, 0.05) is 24.5 Å². The fourth-order valence-electron chi connectivity index (χ4n) is 1.51. The number of carbonyl (C=O) groups excluding carboxylic acids is 1. The molecule has 0 fully saturated rings. The van der Waals surface area contributed by atoms with Gasteiger partial charge in [0.1, 0.15) is 0 Å². The number of nitrogens with zero attached hydrogens (tertiary/aromatic N) is 3. The maximum absolute atomic E-state index is 11.5. The molecule has 0 radical (unpaired) electrons. The third-order valence-corrected chi connectivity index (χ3v) is 2.36. The van der Waals surface area contributed by atoms with Crippen LogP contribution < -0.4 is 0 Å². The average molecular weight is 203 g/mol. The van der Waals surface area contributed by atoms with Gasteiger partial charge in [-0.3, -0.25) is 9.78 Å². The van der Waals surface area contributed by atoms with Crippen molar-refractivity contribution in [2.24, 2.45) is 5.10 Å². The lowest BCUT2D eigenvalue weighted by Crippen LogP contribution is -2.30. The molecule has 0 unspecified atom stereocenters. The van der Waals surface area contributed by atoms with Gasteiger partial charge in [-0.25, -0.2) is 5.01 Å². The summed E-state index contributed by atoms with van der Waals surface area (Å²) in [7, 11) is 0. The summed E-state index contributed by atoms with van der Waals surface area (Å²) in [5.74, 6) is 0.0948. The predicted octanol–water partition coefficient (Wildman–Crippen LogP) is 1.58. The van der Waals surface area contributed by atoms with E-state index >= 15 is 0 Å². The van der Waals surface area contributed by atoms with Crippen molar-refractivity contribution in [3.63, 3.8) is 0 Å². The molecule has 0 saturated heterocycles. The summed E-state index contributed by atoms with van der Waals surface area (Å²) in [5, 5.41) is 5.77. The number of amides is 1. The van der Waals surface area contributed by atoms with E-state index < -0.39 is 0 Å². The summed E-state index contributed by atoms with van der Waals surface area (Å²) >= 11 is 0. The molecule has 2 rings (SSSR count). The third-order valence-electron chi connectivity index (χ3n) is 2.36. The molecule has 0 N–H and O–H groups in total. The largest absolute Gasteiger partial charge is 0.273 e. The molecule has 0 saturated carbocycles. The first-order valence-electron chi connectivity index (χ1n) is 4.99. The first-order valence-corrected chi connectivity index (χ1v) is 4.99. The van der Waals surface area contributed by atoms with Gasteiger partial charge in [0.25, 0.3) is 0 Å². The van der Waals surface area contributed by atoms with Crippen molar-refractivity contribution < 1.29 is 4.79 Å². The van der Waals surface area contributed by atoms with Crippen LogP contribution in [0.25, 0.3) is 0 Å². The molecule has 15 heavy (non-hydrogen) atoms. The zero-order valence-electron chi connectivity index (χ0n) is 8.68. The van der Waals surface area contributed by atoms with E-state index in [-0.39, 0.29) is 5.91 Å². The van der Waals surface area contributed by atoms with Crippen LogP contribution in [-0.4, -0.2) is 21.6 Å². The smallest absolute Gasteiger partial charge is 0.243 e. The third kappa shape index (κ3) is 2.40. The Hall–Kier alpha value is -1.71. The van der Waals surface area contributed by atoms with Crippen LogP contribution in [0.5, 0.6) is 0 Å². The van der Waals surface area contributed by atoms with E-state index in [9.17, 15) is 4.79 Å². The summed E-state index contributed by atoms with van der Waals surface area (Å²) < 4.78 is 0. The van der Waals surface area contributed by atoms with Crippen LogP contribution in [0.15, 0.2) is 29.6 Å². The van der Waals surface area contributed by atoms with E-state index in [1.54, 1.807) is 12.4 Å². The molecule has 0 spiro atoms. The molecule has 1 amide bonds. The summed E-state index contributed by atoms with van der Waals surface area (Å²) in [5.41, 5.74) is 2.07. The van der Waals surface area contributed by atoms with Crippen molar-refractivity contribution in [1.82, 2.24) is 9.99 Å². The van der Waals surface area contributed by atoms with E-state index in [2.05, 4.69) is 10.1 Å². The zero-order chi connectivity index (χ0) is 10.7. The number of hydrogen-bond donors (Lipinski definition) is 0. The molecule has 1 aromatic rings. The Morgan fingerprint density at radius 2 is 2.07 bits per heavy atom. The van der Waals surface area contributed by atoms with E-state index in [4.69, 9.17) is 0 Å². The van der Waals surface area contributed by atoms with Crippen molar-refractivity contribution >= 4 is 11.6 Å². The number of pyridine rings is 1. The fraction of sp³-hybridized carbons (Fsp3) is 0.364. The van der Waals surface area contributed by atoms with Gasteiger partial charge < -0.3 is 0 Å². The molecule has 4 nitrogen and oxygen atoms in total. The standard InChI is InChI=1S/C11H13N3O/c1-9-2-3-11(15)14(13-9)8-10-4-6-12-7-5-10/h4-7H,2-3,8H2,1H3. The maximum Gasteiger partial charge on any atom is 0.243 e. The number of hydrazone groups is 1. The highest BCUT2D eigenvalue weighted by Crippen LogP contribution is 2.12. The molecule has 4 heteroatoms. The Balaban J connectivity index is 2.11. The van der Waals surface area contributed by atoms with E-state index in [1.165, 1.54) is 5.01 Å². The lowest BCUT2D eigenvalue weighted by molar-refractivity contribution is -0.132. The number of aromatic nitrogens is 1. The molecule has 1 aliphatic rings. The molecular weight excluding hydrogens is 190 g/mol. The van der Waals surface area contributed by atoms with E-state index in [1.807, 2.05) is 19.1 Å². The topological polar surface area (TPSA) is 45.6 Å². The highest BCUT2D eigenvalue weighted by Gasteiger charge is 2.18. The van der Waals surface area contributed by atoms with Crippen LogP contribution in [-0.2, 0) is 11.3 Å². The predicted molar refractivity (Wildman–Crippen MR) is 57.1 cm³/mol. The van der Waals surface area contributed by atoms with Crippen LogP contribution in [0.3, 0.4) is 0 Å². The molecule has 78 valence electrons. The number of hydrogen-bond acceptors (Lipinski definition) is 3. The molecule has 0 aromatic carbocycles.